The summed E-state index contributed by atoms with van der Waals surface area (Å²) in [6, 6.07) is 20.2. The van der Waals surface area contributed by atoms with Crippen LogP contribution in [0.25, 0.3) is 16.9 Å². The van der Waals surface area contributed by atoms with Gasteiger partial charge in [0.05, 0.1) is 21.8 Å². The number of nitrogens with zero attached hydrogens (tertiary/aromatic N) is 3. The average Bonchev–Trinajstić information content (AvgIpc) is 3.55. The smallest absolute Gasteiger partial charge is 0.230 e. The highest BCUT2D eigenvalue weighted by atomic mass is 79.9. The molecule has 0 atom stereocenters. The quantitative estimate of drug-likeness (QED) is 0.368. The fraction of sp³-hybridized carbons (Fsp3) is 0.240. The fourth-order valence-corrected chi connectivity index (χ4v) is 4.47. The van der Waals surface area contributed by atoms with Crippen LogP contribution in [0.4, 0.5) is 5.82 Å². The van der Waals surface area contributed by atoms with Gasteiger partial charge in [0.25, 0.3) is 0 Å². The van der Waals surface area contributed by atoms with E-state index in [-0.39, 0.29) is 11.3 Å². The van der Waals surface area contributed by atoms with Gasteiger partial charge in [-0.05, 0) is 46.8 Å². The zero-order chi connectivity index (χ0) is 22.1. The van der Waals surface area contributed by atoms with Crippen molar-refractivity contribution in [2.24, 2.45) is 0 Å². The number of halogens is 1. The molecule has 0 spiro atoms. The van der Waals surface area contributed by atoms with Gasteiger partial charge in [-0.15, -0.1) is 0 Å². The van der Waals surface area contributed by atoms with Crippen molar-refractivity contribution >= 4 is 33.3 Å². The van der Waals surface area contributed by atoms with Gasteiger partial charge in [0.2, 0.25) is 5.91 Å². The molecule has 2 aromatic carbocycles. The summed E-state index contributed by atoms with van der Waals surface area (Å²) in [5.74, 6) is 0.935. The first-order chi connectivity index (χ1) is 15.6. The summed E-state index contributed by atoms with van der Waals surface area (Å²) in [4.78, 5) is 17.7. The third kappa shape index (κ3) is 3.77. The van der Waals surface area contributed by atoms with Gasteiger partial charge in [0, 0.05) is 24.7 Å². The molecule has 2 aromatic heterocycles. The molecule has 1 amide bonds. The Bertz CT molecular complexity index is 1280. The number of hydrogen-bond donors (Lipinski definition) is 2. The molecule has 4 aromatic rings. The van der Waals surface area contributed by atoms with Crippen molar-refractivity contribution in [2.45, 2.75) is 25.2 Å². The Hall–Kier alpha value is -3.19. The molecule has 1 aliphatic rings. The first kappa shape index (κ1) is 20.7. The van der Waals surface area contributed by atoms with Crippen molar-refractivity contribution in [3.05, 3.63) is 82.5 Å². The number of aromatic nitrogens is 3. The summed E-state index contributed by atoms with van der Waals surface area (Å²) < 4.78 is 2.61. The largest absolute Gasteiger partial charge is 0.368 e. The molecule has 1 saturated carbocycles. The Morgan fingerprint density at radius 1 is 1.09 bits per heavy atom. The maximum Gasteiger partial charge on any atom is 0.230 e. The topological polar surface area (TPSA) is 71.3 Å². The molecule has 1 aliphatic carbocycles. The third-order valence-electron chi connectivity index (χ3n) is 6.08. The first-order valence-electron chi connectivity index (χ1n) is 10.8. The molecular formula is C25H24BrN5O. The normalized spacial score (nSPS) is 14.3. The zero-order valence-electron chi connectivity index (χ0n) is 17.8. The van der Waals surface area contributed by atoms with Crippen LogP contribution in [0.3, 0.4) is 0 Å². The molecule has 2 heterocycles. The van der Waals surface area contributed by atoms with Gasteiger partial charge in [0.15, 0.2) is 5.65 Å². The molecule has 0 saturated heterocycles. The van der Waals surface area contributed by atoms with Crippen LogP contribution < -0.4 is 10.6 Å². The van der Waals surface area contributed by atoms with Crippen LogP contribution in [0.2, 0.25) is 0 Å². The molecule has 0 bridgehead atoms. The van der Waals surface area contributed by atoms with Crippen LogP contribution in [0.1, 0.15) is 24.0 Å². The lowest BCUT2D eigenvalue weighted by molar-refractivity contribution is -0.123. The molecule has 0 unspecified atom stereocenters. The second kappa shape index (κ2) is 8.39. The van der Waals surface area contributed by atoms with E-state index in [0.717, 1.165) is 51.2 Å². The minimum Gasteiger partial charge on any atom is -0.368 e. The van der Waals surface area contributed by atoms with Crippen LogP contribution >= 0.6 is 15.9 Å². The number of anilines is 1. The van der Waals surface area contributed by atoms with E-state index in [1.165, 1.54) is 0 Å². The summed E-state index contributed by atoms with van der Waals surface area (Å²) in [5.41, 5.74) is 4.62. The van der Waals surface area contributed by atoms with E-state index in [1.807, 2.05) is 48.5 Å². The van der Waals surface area contributed by atoms with Gasteiger partial charge in [-0.3, -0.25) is 4.79 Å². The zero-order valence-corrected chi connectivity index (χ0v) is 19.4. The van der Waals surface area contributed by atoms with Crippen molar-refractivity contribution in [1.29, 1.82) is 0 Å². The lowest BCUT2D eigenvalue weighted by atomic mass is 9.95. The molecule has 5 rings (SSSR count). The molecule has 2 N–H and O–H groups in total. The number of carbonyl (C=O) groups is 1. The Balaban J connectivity index is 1.31. The Morgan fingerprint density at radius 3 is 2.59 bits per heavy atom. The number of hydrogen-bond acceptors (Lipinski definition) is 4. The first-order valence-corrected chi connectivity index (χ1v) is 11.6. The number of fused-ring (bicyclic) bond motifs is 1. The Kier molecular flexibility index (Phi) is 5.43. The molecule has 6 nitrogen and oxygen atoms in total. The molecule has 1 fully saturated rings. The van der Waals surface area contributed by atoms with Crippen LogP contribution in [0, 0.1) is 6.92 Å². The average molecular weight is 490 g/mol. The van der Waals surface area contributed by atoms with E-state index in [4.69, 9.17) is 4.98 Å². The molecule has 32 heavy (non-hydrogen) atoms. The SMILES string of the molecule is Cc1ccccc1-c1cc(NCCNC(=O)C2(c3ccccc3)CC2)n2ncc(Br)c2n1. The monoisotopic (exact) mass is 489 g/mol. The van der Waals surface area contributed by atoms with Crippen molar-refractivity contribution < 1.29 is 4.79 Å². The van der Waals surface area contributed by atoms with E-state index >= 15 is 0 Å². The van der Waals surface area contributed by atoms with Gasteiger partial charge in [-0.2, -0.15) is 9.61 Å². The highest BCUT2D eigenvalue weighted by Gasteiger charge is 2.50. The van der Waals surface area contributed by atoms with Gasteiger partial charge in [0.1, 0.15) is 5.82 Å². The van der Waals surface area contributed by atoms with E-state index < -0.39 is 0 Å². The number of carbonyl (C=O) groups excluding carboxylic acids is 1. The van der Waals surface area contributed by atoms with Gasteiger partial charge in [-0.1, -0.05) is 54.6 Å². The number of amides is 1. The van der Waals surface area contributed by atoms with E-state index in [1.54, 1.807) is 10.7 Å². The van der Waals surface area contributed by atoms with Crippen LogP contribution in [-0.4, -0.2) is 33.6 Å². The number of rotatable bonds is 7. The van der Waals surface area contributed by atoms with Crippen molar-refractivity contribution in [2.75, 3.05) is 18.4 Å². The molecule has 0 aliphatic heterocycles. The van der Waals surface area contributed by atoms with Crippen molar-refractivity contribution in [1.82, 2.24) is 19.9 Å². The Morgan fingerprint density at radius 2 is 1.84 bits per heavy atom. The van der Waals surface area contributed by atoms with Crippen LogP contribution in [0.5, 0.6) is 0 Å². The minimum atomic E-state index is -0.351. The summed E-state index contributed by atoms with van der Waals surface area (Å²) in [6.45, 7) is 3.19. The minimum absolute atomic E-state index is 0.104. The van der Waals surface area contributed by atoms with Crippen molar-refractivity contribution in [3.8, 4) is 11.3 Å². The highest BCUT2D eigenvalue weighted by Crippen LogP contribution is 2.48. The van der Waals surface area contributed by atoms with Gasteiger partial charge in [-0.25, -0.2) is 4.98 Å². The van der Waals surface area contributed by atoms with Gasteiger partial charge < -0.3 is 10.6 Å². The van der Waals surface area contributed by atoms with E-state index in [9.17, 15) is 4.79 Å². The summed E-state index contributed by atoms with van der Waals surface area (Å²) >= 11 is 3.55. The van der Waals surface area contributed by atoms with Gasteiger partial charge >= 0.3 is 0 Å². The maximum absolute atomic E-state index is 12.9. The number of aryl methyl sites for hydroxylation is 1. The number of benzene rings is 2. The lowest BCUT2D eigenvalue weighted by Crippen LogP contribution is -2.37. The third-order valence-corrected chi connectivity index (χ3v) is 6.64. The molecular weight excluding hydrogens is 466 g/mol. The van der Waals surface area contributed by atoms with Crippen molar-refractivity contribution in [3.63, 3.8) is 0 Å². The lowest BCUT2D eigenvalue weighted by Gasteiger charge is -2.16. The fourth-order valence-electron chi connectivity index (χ4n) is 4.13. The molecule has 0 radical (unpaired) electrons. The summed E-state index contributed by atoms with van der Waals surface area (Å²) in [6.07, 6.45) is 3.55. The summed E-state index contributed by atoms with van der Waals surface area (Å²) in [5, 5.41) is 11.0. The van der Waals surface area contributed by atoms with E-state index in [2.05, 4.69) is 50.7 Å². The predicted molar refractivity (Wildman–Crippen MR) is 130 cm³/mol. The predicted octanol–water partition coefficient (Wildman–Crippen LogP) is 4.73. The maximum atomic E-state index is 12.9. The Labute approximate surface area is 195 Å². The highest BCUT2D eigenvalue weighted by molar-refractivity contribution is 9.10. The second-order valence-electron chi connectivity index (χ2n) is 8.20. The van der Waals surface area contributed by atoms with Crippen LogP contribution in [-0.2, 0) is 10.2 Å². The number of nitrogens with one attached hydrogen (secondary N) is 2. The second-order valence-corrected chi connectivity index (χ2v) is 9.05. The molecule has 7 heteroatoms. The van der Waals surface area contributed by atoms with Crippen LogP contribution in [0.15, 0.2) is 71.3 Å². The van der Waals surface area contributed by atoms with E-state index in [0.29, 0.717) is 13.1 Å². The summed E-state index contributed by atoms with van der Waals surface area (Å²) in [7, 11) is 0. The molecule has 162 valence electrons. The standard InChI is InChI=1S/C25H24BrN5O/c1-17-7-5-6-10-19(17)21-15-22(31-23(30-21)20(26)16-29-31)27-13-14-28-24(32)25(11-12-25)18-8-3-2-4-9-18/h2-10,15-16,27H,11-14H2,1H3,(H,28,32).